The molecule has 0 spiro atoms. The number of non-ortho nitro benzene ring substituents is 1. The van der Waals surface area contributed by atoms with Crippen LogP contribution in [-0.4, -0.2) is 22.5 Å². The fraction of sp³-hybridized carbons (Fsp3) is 0.130. The first-order valence-corrected chi connectivity index (χ1v) is 10.3. The zero-order chi connectivity index (χ0) is 24.3. The van der Waals surface area contributed by atoms with Crippen molar-refractivity contribution in [2.24, 2.45) is 0 Å². The summed E-state index contributed by atoms with van der Waals surface area (Å²) in [7, 11) is 1.37. The van der Waals surface area contributed by atoms with E-state index in [2.05, 4.69) is 5.32 Å². The Morgan fingerprint density at radius 3 is 2.42 bits per heavy atom. The molecule has 1 amide bonds. The van der Waals surface area contributed by atoms with E-state index in [1.807, 2.05) is 30.6 Å². The SMILES string of the molecule is COc1ccc([N+](=O)[O-])cc1NC(=O)/C(C#N)=C/c1cc(C)n(-c2cc(Cl)cc(Cl)c2)c1C. The van der Waals surface area contributed by atoms with Crippen molar-refractivity contribution in [1.82, 2.24) is 4.57 Å². The van der Waals surface area contributed by atoms with Gasteiger partial charge < -0.3 is 14.6 Å². The van der Waals surface area contributed by atoms with Gasteiger partial charge >= 0.3 is 0 Å². The molecule has 0 bridgehead atoms. The summed E-state index contributed by atoms with van der Waals surface area (Å²) < 4.78 is 7.06. The standard InChI is InChI=1S/C23H18Cl2N4O4/c1-13-6-15(14(2)28(13)20-9-17(24)8-18(25)10-20)7-16(12-26)23(30)27-21-11-19(29(31)32)4-5-22(21)33-3/h4-11H,1-3H3,(H,27,30)/b16-7+. The summed E-state index contributed by atoms with van der Waals surface area (Å²) >= 11 is 12.3. The Bertz CT molecular complexity index is 1320. The summed E-state index contributed by atoms with van der Waals surface area (Å²) in [5.74, 6) is -0.505. The Kier molecular flexibility index (Phi) is 7.07. The highest BCUT2D eigenvalue weighted by Gasteiger charge is 2.18. The highest BCUT2D eigenvalue weighted by atomic mass is 35.5. The number of nitrogens with zero attached hydrogens (tertiary/aromatic N) is 3. The molecule has 3 aromatic rings. The van der Waals surface area contributed by atoms with E-state index in [0.717, 1.165) is 17.1 Å². The largest absolute Gasteiger partial charge is 0.495 e. The summed E-state index contributed by atoms with van der Waals surface area (Å²) in [5, 5.41) is 24.1. The van der Waals surface area contributed by atoms with Crippen LogP contribution in [0.25, 0.3) is 11.8 Å². The molecule has 0 fully saturated rings. The number of hydrogen-bond acceptors (Lipinski definition) is 5. The summed E-state index contributed by atoms with van der Waals surface area (Å²) in [5.41, 5.74) is 2.66. The lowest BCUT2D eigenvalue weighted by Gasteiger charge is -2.11. The Morgan fingerprint density at radius 2 is 1.85 bits per heavy atom. The van der Waals surface area contributed by atoms with Crippen LogP contribution < -0.4 is 10.1 Å². The monoisotopic (exact) mass is 484 g/mol. The average molecular weight is 485 g/mol. The molecule has 0 aliphatic carbocycles. The van der Waals surface area contributed by atoms with Crippen LogP contribution in [0.5, 0.6) is 5.75 Å². The number of aryl methyl sites for hydroxylation is 1. The van der Waals surface area contributed by atoms with E-state index in [1.165, 1.54) is 31.4 Å². The van der Waals surface area contributed by atoms with Gasteiger partial charge in [-0.15, -0.1) is 0 Å². The molecule has 0 aliphatic heterocycles. The van der Waals surface area contributed by atoms with Crippen molar-refractivity contribution in [1.29, 1.82) is 5.26 Å². The van der Waals surface area contributed by atoms with E-state index in [9.17, 15) is 20.2 Å². The van der Waals surface area contributed by atoms with Crippen LogP contribution in [0.3, 0.4) is 0 Å². The molecule has 8 nitrogen and oxygen atoms in total. The Morgan fingerprint density at radius 1 is 1.18 bits per heavy atom. The van der Waals surface area contributed by atoms with E-state index in [4.69, 9.17) is 27.9 Å². The number of hydrogen-bond donors (Lipinski definition) is 1. The second-order valence-electron chi connectivity index (χ2n) is 7.06. The Hall–Kier alpha value is -3.80. The number of nitro benzene ring substituents is 1. The Labute approximate surface area is 199 Å². The minimum Gasteiger partial charge on any atom is -0.495 e. The van der Waals surface area contributed by atoms with Crippen molar-refractivity contribution >= 4 is 46.6 Å². The van der Waals surface area contributed by atoms with Crippen LogP contribution in [0.2, 0.25) is 10.0 Å². The fourth-order valence-corrected chi connectivity index (χ4v) is 3.91. The lowest BCUT2D eigenvalue weighted by Crippen LogP contribution is -2.14. The van der Waals surface area contributed by atoms with E-state index in [0.29, 0.717) is 15.6 Å². The molecule has 0 saturated heterocycles. The minimum absolute atomic E-state index is 0.0805. The molecule has 0 aliphatic rings. The number of aromatic nitrogens is 1. The topological polar surface area (TPSA) is 110 Å². The summed E-state index contributed by atoms with van der Waals surface area (Å²) in [4.78, 5) is 23.3. The number of benzene rings is 2. The van der Waals surface area contributed by atoms with Crippen molar-refractivity contribution in [3.8, 4) is 17.5 Å². The third-order valence-electron chi connectivity index (χ3n) is 4.88. The molecule has 168 valence electrons. The first-order chi connectivity index (χ1) is 15.6. The number of nitriles is 1. The van der Waals surface area contributed by atoms with Gasteiger partial charge in [0.05, 0.1) is 17.7 Å². The molecule has 0 atom stereocenters. The second-order valence-corrected chi connectivity index (χ2v) is 7.93. The quantitative estimate of drug-likeness (QED) is 0.203. The number of halogens is 2. The molecule has 1 heterocycles. The van der Waals surface area contributed by atoms with Crippen LogP contribution in [0.4, 0.5) is 11.4 Å². The van der Waals surface area contributed by atoms with Gasteiger partial charge in [0.15, 0.2) is 0 Å². The summed E-state index contributed by atoms with van der Waals surface area (Å²) in [6, 6.07) is 12.6. The van der Waals surface area contributed by atoms with Gasteiger partial charge in [0, 0.05) is 39.3 Å². The molecule has 33 heavy (non-hydrogen) atoms. The van der Waals surface area contributed by atoms with Crippen molar-refractivity contribution in [2.45, 2.75) is 13.8 Å². The zero-order valence-electron chi connectivity index (χ0n) is 17.8. The van der Waals surface area contributed by atoms with Crippen LogP contribution in [-0.2, 0) is 4.79 Å². The molecule has 1 N–H and O–H groups in total. The predicted molar refractivity (Wildman–Crippen MR) is 127 cm³/mol. The van der Waals surface area contributed by atoms with E-state index in [-0.39, 0.29) is 22.7 Å². The number of ether oxygens (including phenoxy) is 1. The maximum atomic E-state index is 12.8. The van der Waals surface area contributed by atoms with Gasteiger partial charge in [-0.05, 0) is 55.8 Å². The number of amides is 1. The molecule has 3 rings (SSSR count). The van der Waals surface area contributed by atoms with Gasteiger partial charge in [-0.1, -0.05) is 23.2 Å². The third-order valence-corrected chi connectivity index (χ3v) is 5.32. The number of rotatable bonds is 6. The van der Waals surface area contributed by atoms with E-state index >= 15 is 0 Å². The van der Waals surface area contributed by atoms with Gasteiger partial charge in [-0.2, -0.15) is 5.26 Å². The maximum absolute atomic E-state index is 12.8. The Balaban J connectivity index is 1.98. The highest BCUT2D eigenvalue weighted by Crippen LogP contribution is 2.30. The highest BCUT2D eigenvalue weighted by molar-refractivity contribution is 6.34. The number of nitrogens with one attached hydrogen (secondary N) is 1. The average Bonchev–Trinajstić information content (AvgIpc) is 3.03. The molecule has 1 aromatic heterocycles. The number of carbonyl (C=O) groups excluding carboxylic acids is 1. The molecule has 10 heteroatoms. The third kappa shape index (κ3) is 5.17. The first kappa shape index (κ1) is 23.9. The summed E-state index contributed by atoms with van der Waals surface area (Å²) in [6.07, 6.45) is 1.45. The molecule has 0 unspecified atom stereocenters. The van der Waals surface area contributed by atoms with Gasteiger partial charge in [-0.3, -0.25) is 14.9 Å². The first-order valence-electron chi connectivity index (χ1n) is 9.55. The summed E-state index contributed by atoms with van der Waals surface area (Å²) in [6.45, 7) is 3.71. The number of anilines is 1. The second kappa shape index (κ2) is 9.77. The van der Waals surface area contributed by atoms with Gasteiger partial charge in [0.1, 0.15) is 17.4 Å². The maximum Gasteiger partial charge on any atom is 0.271 e. The lowest BCUT2D eigenvalue weighted by molar-refractivity contribution is -0.384. The normalized spacial score (nSPS) is 11.1. The van der Waals surface area contributed by atoms with Gasteiger partial charge in [0.25, 0.3) is 11.6 Å². The van der Waals surface area contributed by atoms with Gasteiger partial charge in [-0.25, -0.2) is 0 Å². The van der Waals surface area contributed by atoms with Crippen LogP contribution in [0, 0.1) is 35.3 Å². The van der Waals surface area contributed by atoms with Crippen molar-refractivity contribution in [3.63, 3.8) is 0 Å². The number of nitro groups is 1. The minimum atomic E-state index is -0.730. The molecule has 2 aromatic carbocycles. The van der Waals surface area contributed by atoms with Crippen LogP contribution in [0.1, 0.15) is 17.0 Å². The molecule has 0 radical (unpaired) electrons. The zero-order valence-corrected chi connectivity index (χ0v) is 19.4. The molecular weight excluding hydrogens is 467 g/mol. The van der Waals surface area contributed by atoms with E-state index in [1.54, 1.807) is 18.2 Å². The van der Waals surface area contributed by atoms with Crippen molar-refractivity contribution in [2.75, 3.05) is 12.4 Å². The fourth-order valence-electron chi connectivity index (χ4n) is 3.40. The van der Waals surface area contributed by atoms with Crippen molar-refractivity contribution < 1.29 is 14.5 Å². The number of methoxy groups -OCH3 is 1. The lowest BCUT2D eigenvalue weighted by atomic mass is 10.1. The smallest absolute Gasteiger partial charge is 0.271 e. The van der Waals surface area contributed by atoms with Gasteiger partial charge in [0.2, 0.25) is 0 Å². The van der Waals surface area contributed by atoms with E-state index < -0.39 is 10.8 Å². The number of carbonyl (C=O) groups is 1. The van der Waals surface area contributed by atoms with Crippen LogP contribution >= 0.6 is 23.2 Å². The predicted octanol–water partition coefficient (Wildman–Crippen LogP) is 5.86. The van der Waals surface area contributed by atoms with Crippen LogP contribution in [0.15, 0.2) is 48.0 Å². The molecular formula is C23H18Cl2N4O4. The molecule has 0 saturated carbocycles. The van der Waals surface area contributed by atoms with Crippen molar-refractivity contribution in [3.05, 3.63) is 85.1 Å².